The van der Waals surface area contributed by atoms with Gasteiger partial charge >= 0.3 is 6.03 Å². The number of urea groups is 1. The number of carbonyl (C=O) groups excluding carboxylic acids is 3. The fraction of sp³-hybridized carbons (Fsp3) is 0.400. The van der Waals surface area contributed by atoms with Crippen LogP contribution in [-0.2, 0) is 15.1 Å². The molecule has 0 saturated carbocycles. The molecule has 6 nitrogen and oxygen atoms in total. The van der Waals surface area contributed by atoms with Crippen LogP contribution in [0.2, 0.25) is 0 Å². The fourth-order valence-electron chi connectivity index (χ4n) is 3.92. The van der Waals surface area contributed by atoms with Gasteiger partial charge in [-0.1, -0.05) is 81.8 Å². The molecule has 164 valence electrons. The zero-order valence-corrected chi connectivity index (χ0v) is 18.6. The summed E-state index contributed by atoms with van der Waals surface area (Å²) in [6.45, 7) is 7.62. The van der Waals surface area contributed by atoms with E-state index in [0.717, 1.165) is 28.9 Å². The van der Waals surface area contributed by atoms with Crippen LogP contribution in [0.4, 0.5) is 4.79 Å². The molecule has 1 aliphatic heterocycles. The fourth-order valence-corrected chi connectivity index (χ4v) is 3.92. The van der Waals surface area contributed by atoms with E-state index in [1.165, 1.54) is 0 Å². The molecule has 31 heavy (non-hydrogen) atoms. The number of rotatable bonds is 8. The Hall–Kier alpha value is -3.15. The highest BCUT2D eigenvalue weighted by atomic mass is 16.2. The van der Waals surface area contributed by atoms with Crippen molar-refractivity contribution in [3.63, 3.8) is 0 Å². The van der Waals surface area contributed by atoms with E-state index in [0.29, 0.717) is 11.5 Å². The highest BCUT2D eigenvalue weighted by Gasteiger charge is 2.49. The van der Waals surface area contributed by atoms with Gasteiger partial charge in [0.05, 0.1) is 6.04 Å². The Morgan fingerprint density at radius 2 is 1.68 bits per heavy atom. The van der Waals surface area contributed by atoms with E-state index < -0.39 is 17.5 Å². The largest absolute Gasteiger partial charge is 0.348 e. The molecule has 6 heteroatoms. The Bertz CT molecular complexity index is 940. The molecule has 1 aliphatic rings. The summed E-state index contributed by atoms with van der Waals surface area (Å²) in [5.74, 6) is -0.404. The predicted octanol–water partition coefficient (Wildman–Crippen LogP) is 4.23. The van der Waals surface area contributed by atoms with Crippen LogP contribution in [0.1, 0.15) is 69.2 Å². The third kappa shape index (κ3) is 4.79. The normalized spacial score (nSPS) is 19.5. The van der Waals surface area contributed by atoms with Crippen LogP contribution in [-0.4, -0.2) is 29.3 Å². The summed E-state index contributed by atoms with van der Waals surface area (Å²) in [5.41, 5.74) is 1.68. The number of benzene rings is 2. The van der Waals surface area contributed by atoms with E-state index in [1.54, 1.807) is 6.92 Å². The first-order valence-corrected chi connectivity index (χ1v) is 10.8. The molecule has 2 atom stereocenters. The Kier molecular flexibility index (Phi) is 6.78. The van der Waals surface area contributed by atoms with Crippen molar-refractivity contribution in [3.8, 4) is 0 Å². The number of nitrogens with zero attached hydrogens (tertiary/aromatic N) is 1. The van der Waals surface area contributed by atoms with E-state index in [2.05, 4.69) is 31.4 Å². The molecule has 0 bridgehead atoms. The van der Waals surface area contributed by atoms with Gasteiger partial charge in [-0.15, -0.1) is 0 Å². The minimum atomic E-state index is -1.19. The van der Waals surface area contributed by atoms with Gasteiger partial charge in [0.2, 0.25) is 5.91 Å². The van der Waals surface area contributed by atoms with E-state index in [1.807, 2.05) is 54.6 Å². The van der Waals surface area contributed by atoms with Crippen molar-refractivity contribution >= 4 is 17.8 Å². The van der Waals surface area contributed by atoms with Crippen LogP contribution in [0.3, 0.4) is 0 Å². The van der Waals surface area contributed by atoms with Gasteiger partial charge in [-0.25, -0.2) is 4.79 Å². The number of imide groups is 1. The molecule has 2 N–H and O–H groups in total. The van der Waals surface area contributed by atoms with Gasteiger partial charge in [0.1, 0.15) is 12.1 Å². The average molecular weight is 422 g/mol. The second kappa shape index (κ2) is 9.33. The summed E-state index contributed by atoms with van der Waals surface area (Å²) in [7, 11) is 0. The first-order chi connectivity index (χ1) is 14.8. The van der Waals surface area contributed by atoms with Crippen LogP contribution >= 0.6 is 0 Å². The molecule has 0 aromatic heterocycles. The zero-order chi connectivity index (χ0) is 22.6. The summed E-state index contributed by atoms with van der Waals surface area (Å²) in [6.07, 6.45) is 1.67. The van der Waals surface area contributed by atoms with Crippen molar-refractivity contribution in [1.29, 1.82) is 0 Å². The summed E-state index contributed by atoms with van der Waals surface area (Å²) in [5, 5.41) is 5.74. The van der Waals surface area contributed by atoms with Crippen molar-refractivity contribution in [2.24, 2.45) is 0 Å². The molecule has 1 fully saturated rings. The number of amides is 4. The average Bonchev–Trinajstić information content (AvgIpc) is 2.98. The van der Waals surface area contributed by atoms with Crippen molar-refractivity contribution < 1.29 is 14.4 Å². The number of carbonyl (C=O) groups is 3. The van der Waals surface area contributed by atoms with Crippen LogP contribution < -0.4 is 10.6 Å². The Labute approximate surface area is 184 Å². The standard InChI is InChI=1S/C25H31N3O3/c1-5-9-21(19-10-7-6-8-11-19)26-22(29)16-28-23(30)25(4,27-24(28)31)20-14-12-18(13-15-20)17(2)3/h6-8,10-15,17,21H,5,9,16H2,1-4H3,(H,26,29)(H,27,31)/t21-,25-/m0/s1. The molecule has 2 aromatic rings. The monoisotopic (exact) mass is 421 g/mol. The Morgan fingerprint density at radius 3 is 2.26 bits per heavy atom. The summed E-state index contributed by atoms with van der Waals surface area (Å²) < 4.78 is 0. The third-order valence-corrected chi connectivity index (χ3v) is 5.85. The summed E-state index contributed by atoms with van der Waals surface area (Å²) in [4.78, 5) is 39.4. The number of nitrogens with one attached hydrogen (secondary N) is 2. The lowest BCUT2D eigenvalue weighted by Gasteiger charge is -2.23. The first kappa shape index (κ1) is 22.5. The molecule has 4 amide bonds. The summed E-state index contributed by atoms with van der Waals surface area (Å²) in [6, 6.07) is 16.7. The van der Waals surface area contributed by atoms with Gasteiger partial charge in [0.25, 0.3) is 5.91 Å². The van der Waals surface area contributed by atoms with Crippen molar-refractivity contribution in [2.75, 3.05) is 6.54 Å². The maximum Gasteiger partial charge on any atom is 0.325 e. The SMILES string of the molecule is CCC[C@H](NC(=O)CN1C(=O)N[C@@](C)(c2ccc(C(C)C)cc2)C1=O)c1ccccc1. The molecule has 2 aromatic carbocycles. The lowest BCUT2D eigenvalue weighted by atomic mass is 9.90. The topological polar surface area (TPSA) is 78.5 Å². The van der Waals surface area contributed by atoms with Crippen molar-refractivity contribution in [3.05, 3.63) is 71.3 Å². The van der Waals surface area contributed by atoms with E-state index in [-0.39, 0.29) is 18.5 Å². The van der Waals surface area contributed by atoms with E-state index in [9.17, 15) is 14.4 Å². The quantitative estimate of drug-likeness (QED) is 0.626. The molecule has 0 radical (unpaired) electrons. The molecule has 1 saturated heterocycles. The Balaban J connectivity index is 1.72. The smallest absolute Gasteiger partial charge is 0.325 e. The highest BCUT2D eigenvalue weighted by Crippen LogP contribution is 2.30. The maximum absolute atomic E-state index is 13.1. The lowest BCUT2D eigenvalue weighted by Crippen LogP contribution is -2.43. The number of hydrogen-bond donors (Lipinski definition) is 2. The minimum Gasteiger partial charge on any atom is -0.348 e. The van der Waals surface area contributed by atoms with E-state index >= 15 is 0 Å². The Morgan fingerprint density at radius 1 is 1.03 bits per heavy atom. The van der Waals surface area contributed by atoms with Crippen molar-refractivity contribution in [2.45, 2.75) is 58.0 Å². The molecular formula is C25H31N3O3. The zero-order valence-electron chi connectivity index (χ0n) is 18.6. The van der Waals surface area contributed by atoms with Gasteiger partial charge in [-0.3, -0.25) is 14.5 Å². The predicted molar refractivity (Wildman–Crippen MR) is 120 cm³/mol. The van der Waals surface area contributed by atoms with Crippen molar-refractivity contribution in [1.82, 2.24) is 15.5 Å². The second-order valence-electron chi connectivity index (χ2n) is 8.54. The van der Waals surface area contributed by atoms with Crippen LogP contribution in [0.5, 0.6) is 0 Å². The van der Waals surface area contributed by atoms with Crippen LogP contribution in [0.15, 0.2) is 54.6 Å². The van der Waals surface area contributed by atoms with Crippen LogP contribution in [0, 0.1) is 0 Å². The van der Waals surface area contributed by atoms with Gasteiger partial charge < -0.3 is 10.6 Å². The van der Waals surface area contributed by atoms with Gasteiger partial charge in [-0.05, 0) is 36.0 Å². The van der Waals surface area contributed by atoms with E-state index in [4.69, 9.17) is 0 Å². The first-order valence-electron chi connectivity index (χ1n) is 10.8. The summed E-state index contributed by atoms with van der Waals surface area (Å²) >= 11 is 0. The van der Waals surface area contributed by atoms with Crippen LogP contribution in [0.25, 0.3) is 0 Å². The second-order valence-corrected chi connectivity index (χ2v) is 8.54. The minimum absolute atomic E-state index is 0.158. The molecule has 0 aliphatic carbocycles. The molecule has 0 unspecified atom stereocenters. The molecule has 0 spiro atoms. The molecular weight excluding hydrogens is 390 g/mol. The molecule has 3 rings (SSSR count). The van der Waals surface area contributed by atoms with Gasteiger partial charge in [-0.2, -0.15) is 0 Å². The maximum atomic E-state index is 13.1. The van der Waals surface area contributed by atoms with Gasteiger partial charge in [0.15, 0.2) is 0 Å². The van der Waals surface area contributed by atoms with Gasteiger partial charge in [0, 0.05) is 0 Å². The lowest BCUT2D eigenvalue weighted by molar-refractivity contribution is -0.135. The molecule has 1 heterocycles. The third-order valence-electron chi connectivity index (χ3n) is 5.85. The highest BCUT2D eigenvalue weighted by molar-refractivity contribution is 6.09. The number of hydrogen-bond acceptors (Lipinski definition) is 3.